The number of ether oxygens (including phenoxy) is 1. The van der Waals surface area contributed by atoms with Gasteiger partial charge in [-0.2, -0.15) is 0 Å². The first kappa shape index (κ1) is 20.7. The molecular formula is C25H34N3O2+. The van der Waals surface area contributed by atoms with Crippen LogP contribution in [0.1, 0.15) is 25.3 Å². The van der Waals surface area contributed by atoms with Gasteiger partial charge in [-0.15, -0.1) is 0 Å². The lowest BCUT2D eigenvalue weighted by Crippen LogP contribution is -3.11. The van der Waals surface area contributed by atoms with E-state index >= 15 is 0 Å². The molecule has 1 amide bonds. The highest BCUT2D eigenvalue weighted by Gasteiger charge is 2.32. The Labute approximate surface area is 180 Å². The predicted molar refractivity (Wildman–Crippen MR) is 120 cm³/mol. The molecule has 2 heterocycles. The third-order valence-electron chi connectivity index (χ3n) is 6.47. The summed E-state index contributed by atoms with van der Waals surface area (Å²) in [5, 5.41) is 0. The van der Waals surface area contributed by atoms with Crippen molar-refractivity contribution in [2.75, 3.05) is 50.8 Å². The molecule has 0 aliphatic carbocycles. The number of hydrogen-bond acceptors (Lipinski definition) is 3. The van der Waals surface area contributed by atoms with Gasteiger partial charge < -0.3 is 19.4 Å². The number of hydrogen-bond donors (Lipinski definition) is 1. The van der Waals surface area contributed by atoms with Gasteiger partial charge in [0, 0.05) is 56.2 Å². The summed E-state index contributed by atoms with van der Waals surface area (Å²) in [6.07, 6.45) is 1.98. The van der Waals surface area contributed by atoms with E-state index in [1.807, 2.05) is 19.1 Å². The number of quaternary nitrogens is 1. The number of nitrogens with one attached hydrogen (secondary N) is 1. The lowest BCUT2D eigenvalue weighted by molar-refractivity contribution is -0.919. The molecule has 0 spiro atoms. The normalized spacial score (nSPS) is 22.0. The largest absolute Gasteiger partial charge is 0.493 e. The minimum absolute atomic E-state index is 0.194. The highest BCUT2D eigenvalue weighted by Crippen LogP contribution is 2.20. The quantitative estimate of drug-likeness (QED) is 0.797. The molecule has 30 heavy (non-hydrogen) atoms. The van der Waals surface area contributed by atoms with Gasteiger partial charge in [-0.3, -0.25) is 4.79 Å². The number of rotatable bonds is 6. The zero-order chi connectivity index (χ0) is 20.8. The molecule has 0 radical (unpaired) electrons. The summed E-state index contributed by atoms with van der Waals surface area (Å²) >= 11 is 0. The Bertz CT molecular complexity index is 810. The van der Waals surface area contributed by atoms with Gasteiger partial charge in [-0.1, -0.05) is 30.3 Å². The highest BCUT2D eigenvalue weighted by atomic mass is 16.5. The third-order valence-corrected chi connectivity index (χ3v) is 6.47. The molecular weight excluding hydrogens is 374 g/mol. The predicted octanol–water partition coefficient (Wildman–Crippen LogP) is 2.23. The maximum atomic E-state index is 13.1. The summed E-state index contributed by atoms with van der Waals surface area (Å²) in [4.78, 5) is 19.1. The Balaban J connectivity index is 1.25. The van der Waals surface area contributed by atoms with Crippen molar-refractivity contribution in [3.8, 4) is 5.75 Å². The van der Waals surface area contributed by atoms with E-state index in [9.17, 15) is 4.79 Å². The van der Waals surface area contributed by atoms with E-state index in [0.717, 1.165) is 64.4 Å². The second kappa shape index (κ2) is 9.98. The zero-order valence-electron chi connectivity index (χ0n) is 18.1. The van der Waals surface area contributed by atoms with Gasteiger partial charge in [-0.05, 0) is 31.2 Å². The Hall–Kier alpha value is -2.53. The summed E-state index contributed by atoms with van der Waals surface area (Å²) in [6.45, 7) is 9.34. The number of piperidine rings is 1. The van der Waals surface area contributed by atoms with Crippen molar-refractivity contribution in [3.63, 3.8) is 0 Å². The zero-order valence-corrected chi connectivity index (χ0v) is 18.1. The molecule has 2 saturated heterocycles. The van der Waals surface area contributed by atoms with E-state index < -0.39 is 0 Å². The van der Waals surface area contributed by atoms with E-state index in [0.29, 0.717) is 12.5 Å². The minimum Gasteiger partial charge on any atom is -0.493 e. The topological polar surface area (TPSA) is 37.2 Å². The fourth-order valence-electron chi connectivity index (χ4n) is 4.75. The van der Waals surface area contributed by atoms with Crippen LogP contribution in [-0.4, -0.2) is 56.7 Å². The molecule has 4 rings (SSSR count). The van der Waals surface area contributed by atoms with Crippen molar-refractivity contribution in [1.29, 1.82) is 0 Å². The lowest BCUT2D eigenvalue weighted by atomic mass is 9.94. The Morgan fingerprint density at radius 3 is 2.33 bits per heavy atom. The van der Waals surface area contributed by atoms with E-state index in [-0.39, 0.29) is 5.92 Å². The van der Waals surface area contributed by atoms with Gasteiger partial charge in [0.25, 0.3) is 0 Å². The number of para-hydroxylation sites is 2. The van der Waals surface area contributed by atoms with Gasteiger partial charge in [-0.25, -0.2) is 0 Å². The van der Waals surface area contributed by atoms with Gasteiger partial charge in [0.15, 0.2) is 0 Å². The number of likely N-dealkylation sites (tertiary alicyclic amines) is 1. The first-order chi connectivity index (χ1) is 14.7. The van der Waals surface area contributed by atoms with Crippen LogP contribution in [0.3, 0.4) is 0 Å². The molecule has 0 saturated carbocycles. The molecule has 2 aromatic rings. The van der Waals surface area contributed by atoms with Gasteiger partial charge in [0.05, 0.1) is 19.7 Å². The van der Waals surface area contributed by atoms with Crippen molar-refractivity contribution in [2.24, 2.45) is 5.92 Å². The summed E-state index contributed by atoms with van der Waals surface area (Å²) in [7, 11) is 0. The van der Waals surface area contributed by atoms with Crippen LogP contribution in [0.15, 0.2) is 54.6 Å². The molecule has 0 unspecified atom stereocenters. The number of nitrogens with zero attached hydrogens (tertiary/aromatic N) is 2. The average Bonchev–Trinajstić information content (AvgIpc) is 2.81. The fourth-order valence-corrected chi connectivity index (χ4v) is 4.75. The Morgan fingerprint density at radius 1 is 0.967 bits per heavy atom. The third kappa shape index (κ3) is 4.96. The van der Waals surface area contributed by atoms with Crippen LogP contribution >= 0.6 is 0 Å². The molecule has 2 fully saturated rings. The summed E-state index contributed by atoms with van der Waals surface area (Å²) in [5.41, 5.74) is 2.53. The highest BCUT2D eigenvalue weighted by molar-refractivity contribution is 5.79. The fraction of sp³-hybridized carbons (Fsp3) is 0.480. The smallest absolute Gasteiger partial charge is 0.226 e. The van der Waals surface area contributed by atoms with Crippen LogP contribution in [0, 0.1) is 5.92 Å². The van der Waals surface area contributed by atoms with E-state index in [2.05, 4.69) is 52.3 Å². The van der Waals surface area contributed by atoms with Crippen molar-refractivity contribution in [1.82, 2.24) is 4.90 Å². The maximum Gasteiger partial charge on any atom is 0.226 e. The van der Waals surface area contributed by atoms with E-state index in [1.54, 1.807) is 4.90 Å². The molecule has 2 aliphatic rings. The van der Waals surface area contributed by atoms with Crippen LogP contribution in [0.5, 0.6) is 5.75 Å². The van der Waals surface area contributed by atoms with Crippen LogP contribution in [-0.2, 0) is 11.3 Å². The van der Waals surface area contributed by atoms with E-state index in [4.69, 9.17) is 4.74 Å². The van der Waals surface area contributed by atoms with E-state index in [1.165, 1.54) is 11.3 Å². The Morgan fingerprint density at radius 2 is 1.63 bits per heavy atom. The molecule has 5 nitrogen and oxygen atoms in total. The second-order valence-corrected chi connectivity index (χ2v) is 8.39. The first-order valence-electron chi connectivity index (χ1n) is 11.4. The van der Waals surface area contributed by atoms with Crippen molar-refractivity contribution < 1.29 is 14.4 Å². The SMILES string of the molecule is CCOc1ccccc1C[NH+]1CCC(C(=O)N2CCN(c3ccccc3)CC2)CC1. The standard InChI is InChI=1S/C25H33N3O2/c1-2-30-24-11-7-6-8-22(24)20-26-14-12-21(13-15-26)25(29)28-18-16-27(17-19-28)23-9-4-3-5-10-23/h3-11,21H,2,12-20H2,1H3/p+1. The number of carbonyl (C=O) groups is 1. The summed E-state index contributed by atoms with van der Waals surface area (Å²) in [5.74, 6) is 1.57. The van der Waals surface area contributed by atoms with Crippen molar-refractivity contribution in [3.05, 3.63) is 60.2 Å². The van der Waals surface area contributed by atoms with Crippen LogP contribution in [0.25, 0.3) is 0 Å². The number of piperazine rings is 1. The molecule has 0 aromatic heterocycles. The maximum absolute atomic E-state index is 13.1. The van der Waals surface area contributed by atoms with Crippen molar-refractivity contribution >= 4 is 11.6 Å². The molecule has 5 heteroatoms. The summed E-state index contributed by atoms with van der Waals surface area (Å²) in [6, 6.07) is 18.9. The molecule has 2 aromatic carbocycles. The number of anilines is 1. The lowest BCUT2D eigenvalue weighted by Gasteiger charge is -2.38. The summed E-state index contributed by atoms with van der Waals surface area (Å²) < 4.78 is 5.78. The number of carbonyl (C=O) groups excluding carboxylic acids is 1. The second-order valence-electron chi connectivity index (χ2n) is 8.39. The number of amides is 1. The van der Waals surface area contributed by atoms with Gasteiger partial charge in [0.1, 0.15) is 12.3 Å². The van der Waals surface area contributed by atoms with Crippen LogP contribution in [0.4, 0.5) is 5.69 Å². The molecule has 1 N–H and O–H groups in total. The van der Waals surface area contributed by atoms with Crippen molar-refractivity contribution in [2.45, 2.75) is 26.3 Å². The molecule has 160 valence electrons. The average molecular weight is 409 g/mol. The molecule has 2 aliphatic heterocycles. The van der Waals surface area contributed by atoms with Crippen LogP contribution < -0.4 is 14.5 Å². The monoisotopic (exact) mass is 408 g/mol. The minimum atomic E-state index is 0.194. The molecule has 0 atom stereocenters. The van der Waals surface area contributed by atoms with Crippen LogP contribution in [0.2, 0.25) is 0 Å². The number of benzene rings is 2. The Kier molecular flexibility index (Phi) is 6.90. The molecule has 0 bridgehead atoms. The first-order valence-corrected chi connectivity index (χ1v) is 11.4. The van der Waals surface area contributed by atoms with Gasteiger partial charge >= 0.3 is 0 Å². The van der Waals surface area contributed by atoms with Gasteiger partial charge in [0.2, 0.25) is 5.91 Å².